The van der Waals surface area contributed by atoms with Crippen LogP contribution in [0.3, 0.4) is 0 Å². The summed E-state index contributed by atoms with van der Waals surface area (Å²) in [6.07, 6.45) is -25.8. The van der Waals surface area contributed by atoms with Gasteiger partial charge in [-0.15, -0.1) is 0 Å². The summed E-state index contributed by atoms with van der Waals surface area (Å²) in [6, 6.07) is -4.43. The van der Waals surface area contributed by atoms with E-state index in [0.29, 0.717) is 17.9 Å². The molecule has 2 heterocycles. The van der Waals surface area contributed by atoms with Gasteiger partial charge in [0, 0.05) is 30.9 Å². The van der Waals surface area contributed by atoms with Crippen LogP contribution in [0, 0.1) is 0 Å². The standard InChI is InChI=1S/C46H80N4O22S2/c1-43(2,3)69-39(60)47-20-24-30(56)36(66-27(54)16-14-18-74-73-17-13-15-26(52)53)33(59)38(64-24)68-35-23(49-41(62)71-45(7,8)9)19-22(48-40(61)70-44(4,5)6)34(32(35)58)67-37-31(57)28(29(55)25(21-51)65-37)50-42(63)72-46(10,11)12/h22-25,28-38,51,55-59H,13-21H2,1-12H3,(H,47,60)(H,48,61)(H,49,62)(H,50,63)(H,52,53)/t22-,23+,24-,25-,28+,29-,30-,31-,32-,33-,34+,35-,36+,37-,38-/m1/s1. The predicted octanol–water partition coefficient (Wildman–Crippen LogP) is 1.55. The molecular weight excluding hydrogens is 1020 g/mol. The maximum atomic E-state index is 13.5. The average molecular weight is 1110 g/mol. The van der Waals surface area contributed by atoms with Crippen LogP contribution in [0.2, 0.25) is 0 Å². The Morgan fingerprint density at radius 2 is 0.973 bits per heavy atom. The van der Waals surface area contributed by atoms with E-state index in [1.807, 2.05) is 0 Å². The smallest absolute Gasteiger partial charge is 0.408 e. The molecule has 3 rings (SSSR count). The SMILES string of the molecule is CC(C)(C)OC(=O)NC[C@H]1O[C@H](O[C@H]2[C@H](O)[C@@H](O[C@H]3O[C@H](CO)[C@@H](O)[C@H](NC(=O)OC(C)(C)C)[C@H]3O)[C@H](NC(=O)OC(C)(C)C)C[C@@H]2NC(=O)OC(C)(C)C)[C@H](O)[C@@H](OC(=O)CCCSSCCCC(=O)O)[C@@H]1O. The maximum absolute atomic E-state index is 13.5. The van der Waals surface area contributed by atoms with Gasteiger partial charge in [-0.05, 0) is 102 Å². The topological polar surface area (TPSA) is 375 Å². The first kappa shape index (κ1) is 64.6. The predicted molar refractivity (Wildman–Crippen MR) is 263 cm³/mol. The summed E-state index contributed by atoms with van der Waals surface area (Å²) >= 11 is 0. The number of carboxylic acid groups (broad SMARTS) is 1. The molecule has 0 bridgehead atoms. The highest BCUT2D eigenvalue weighted by Gasteiger charge is 2.55. The lowest BCUT2D eigenvalue weighted by molar-refractivity contribution is -0.334. The van der Waals surface area contributed by atoms with Gasteiger partial charge in [0.05, 0.1) is 24.7 Å². The minimum Gasteiger partial charge on any atom is -0.481 e. The molecule has 3 aliphatic rings. The summed E-state index contributed by atoms with van der Waals surface area (Å²) in [5, 5.41) is 87.8. The van der Waals surface area contributed by atoms with E-state index < -0.39 is 170 Å². The van der Waals surface area contributed by atoms with E-state index in [1.165, 1.54) is 21.6 Å². The van der Waals surface area contributed by atoms with E-state index in [0.717, 1.165) is 0 Å². The molecule has 428 valence electrons. The lowest BCUT2D eigenvalue weighted by atomic mass is 9.83. The molecule has 74 heavy (non-hydrogen) atoms. The van der Waals surface area contributed by atoms with Gasteiger partial charge in [-0.2, -0.15) is 0 Å². The number of aliphatic carboxylic acids is 1. The van der Waals surface area contributed by atoms with Crippen LogP contribution in [0.15, 0.2) is 0 Å². The largest absolute Gasteiger partial charge is 0.481 e. The molecule has 15 atom stereocenters. The minimum atomic E-state index is -2.07. The molecule has 0 spiro atoms. The van der Waals surface area contributed by atoms with Crippen LogP contribution in [0.4, 0.5) is 19.2 Å². The third-order valence-electron chi connectivity index (χ3n) is 10.6. The zero-order chi connectivity index (χ0) is 56.1. The van der Waals surface area contributed by atoms with Crippen LogP contribution < -0.4 is 21.3 Å². The number of amides is 4. The second kappa shape index (κ2) is 28.1. The average Bonchev–Trinajstić information content (AvgIpc) is 3.23. The summed E-state index contributed by atoms with van der Waals surface area (Å²) in [4.78, 5) is 76.8. The number of alkyl carbamates (subject to hydrolysis) is 4. The first-order valence-corrected chi connectivity index (χ1v) is 26.8. The van der Waals surface area contributed by atoms with Crippen molar-refractivity contribution in [2.75, 3.05) is 24.7 Å². The molecule has 26 nitrogen and oxygen atoms in total. The Kier molecular flexibility index (Phi) is 24.5. The van der Waals surface area contributed by atoms with E-state index in [9.17, 15) is 59.4 Å². The number of aliphatic hydroxyl groups is 6. The van der Waals surface area contributed by atoms with E-state index in [4.69, 9.17) is 47.7 Å². The van der Waals surface area contributed by atoms with Gasteiger partial charge in [-0.1, -0.05) is 21.6 Å². The number of aliphatic hydroxyl groups excluding tert-OH is 6. The first-order chi connectivity index (χ1) is 34.1. The van der Waals surface area contributed by atoms with E-state index in [-0.39, 0.29) is 19.3 Å². The van der Waals surface area contributed by atoms with Crippen LogP contribution in [0.25, 0.3) is 0 Å². The van der Waals surface area contributed by atoms with Gasteiger partial charge in [0.1, 0.15) is 77.3 Å². The number of carbonyl (C=O) groups excluding carboxylic acids is 5. The lowest BCUT2D eigenvalue weighted by Gasteiger charge is -2.50. The summed E-state index contributed by atoms with van der Waals surface area (Å²) in [7, 11) is 2.84. The van der Waals surface area contributed by atoms with Crippen molar-refractivity contribution in [2.45, 2.75) is 229 Å². The fourth-order valence-electron chi connectivity index (χ4n) is 7.59. The first-order valence-electron chi connectivity index (χ1n) is 24.3. The van der Waals surface area contributed by atoms with Gasteiger partial charge >= 0.3 is 36.3 Å². The fourth-order valence-corrected chi connectivity index (χ4v) is 9.76. The highest BCUT2D eigenvalue weighted by Crippen LogP contribution is 2.35. The van der Waals surface area contributed by atoms with Gasteiger partial charge in [0.15, 0.2) is 18.7 Å². The van der Waals surface area contributed by atoms with Crippen LogP contribution in [0.1, 0.15) is 115 Å². The molecule has 3 fully saturated rings. The quantitative estimate of drug-likeness (QED) is 0.0356. The van der Waals surface area contributed by atoms with Crippen molar-refractivity contribution in [1.82, 2.24) is 21.3 Å². The van der Waals surface area contributed by atoms with Crippen molar-refractivity contribution < 1.29 is 107 Å². The normalized spacial score (nSPS) is 30.8. The molecule has 0 aromatic rings. The second-order valence-corrected chi connectivity index (χ2v) is 24.6. The summed E-state index contributed by atoms with van der Waals surface area (Å²) in [5.74, 6) is -0.733. The third-order valence-corrected chi connectivity index (χ3v) is 13.2. The Bertz CT molecular complexity index is 1840. The maximum Gasteiger partial charge on any atom is 0.408 e. The number of rotatable bonds is 20. The number of nitrogens with one attached hydrogen (secondary N) is 4. The molecule has 0 aromatic carbocycles. The molecule has 28 heteroatoms. The number of hydrogen-bond acceptors (Lipinski definition) is 23. The fraction of sp³-hybridized carbons (Fsp3) is 0.870. The molecule has 1 saturated carbocycles. The summed E-state index contributed by atoms with van der Waals surface area (Å²) < 4.78 is 51.7. The zero-order valence-corrected chi connectivity index (χ0v) is 45.7. The van der Waals surface area contributed by atoms with Crippen molar-refractivity contribution in [3.8, 4) is 0 Å². The monoisotopic (exact) mass is 1100 g/mol. The zero-order valence-electron chi connectivity index (χ0n) is 44.1. The van der Waals surface area contributed by atoms with Crippen molar-refractivity contribution in [1.29, 1.82) is 0 Å². The Morgan fingerprint density at radius 3 is 1.43 bits per heavy atom. The van der Waals surface area contributed by atoms with Crippen LogP contribution in [-0.2, 0) is 52.2 Å². The molecule has 4 amide bonds. The number of carboxylic acids is 1. The van der Waals surface area contributed by atoms with Crippen LogP contribution in [0.5, 0.6) is 0 Å². The van der Waals surface area contributed by atoms with Crippen LogP contribution in [-0.4, -0.2) is 211 Å². The van der Waals surface area contributed by atoms with E-state index >= 15 is 0 Å². The van der Waals surface area contributed by atoms with Gasteiger partial charge in [-0.3, -0.25) is 9.59 Å². The summed E-state index contributed by atoms with van der Waals surface area (Å²) in [6.45, 7) is 17.7. The molecule has 2 aliphatic heterocycles. The summed E-state index contributed by atoms with van der Waals surface area (Å²) in [5.41, 5.74) is -4.08. The Labute approximate surface area is 439 Å². The Morgan fingerprint density at radius 1 is 0.541 bits per heavy atom. The van der Waals surface area contributed by atoms with Crippen molar-refractivity contribution in [2.24, 2.45) is 0 Å². The van der Waals surface area contributed by atoms with Gasteiger partial charge in [0.25, 0.3) is 0 Å². The van der Waals surface area contributed by atoms with E-state index in [1.54, 1.807) is 83.1 Å². The number of hydrogen-bond donors (Lipinski definition) is 11. The number of esters is 1. The highest BCUT2D eigenvalue weighted by molar-refractivity contribution is 8.76. The van der Waals surface area contributed by atoms with Gasteiger partial charge in [-0.25, -0.2) is 19.2 Å². The molecule has 11 N–H and O–H groups in total. The molecule has 0 radical (unpaired) electrons. The number of carbonyl (C=O) groups is 6. The van der Waals surface area contributed by atoms with Crippen molar-refractivity contribution >= 4 is 57.9 Å². The van der Waals surface area contributed by atoms with Crippen molar-refractivity contribution in [3.63, 3.8) is 0 Å². The molecule has 1 aliphatic carbocycles. The van der Waals surface area contributed by atoms with Gasteiger partial charge < -0.3 is 99.6 Å². The number of ether oxygens (including phenoxy) is 9. The Hall–Kier alpha value is -3.68. The van der Waals surface area contributed by atoms with Crippen molar-refractivity contribution in [3.05, 3.63) is 0 Å². The second-order valence-electron chi connectivity index (χ2n) is 21.9. The Balaban J connectivity index is 2.07. The molecule has 0 unspecified atom stereocenters. The van der Waals surface area contributed by atoms with Gasteiger partial charge in [0.2, 0.25) is 0 Å². The molecular formula is C46H80N4O22S2. The van der Waals surface area contributed by atoms with Crippen LogP contribution >= 0.6 is 21.6 Å². The molecule has 0 aromatic heterocycles. The molecule has 2 saturated heterocycles. The van der Waals surface area contributed by atoms with E-state index in [2.05, 4.69) is 21.3 Å². The third kappa shape index (κ3) is 22.1. The highest BCUT2D eigenvalue weighted by atomic mass is 33.1. The minimum absolute atomic E-state index is 0.0175. The lowest BCUT2D eigenvalue weighted by Crippen LogP contribution is -2.70.